The van der Waals surface area contributed by atoms with Gasteiger partial charge < -0.3 is 15.4 Å². The first-order valence-corrected chi connectivity index (χ1v) is 8.95. The van der Waals surface area contributed by atoms with Crippen molar-refractivity contribution in [2.45, 2.75) is 13.8 Å². The number of rotatable bonds is 8. The van der Waals surface area contributed by atoms with Crippen molar-refractivity contribution >= 4 is 23.6 Å². The standard InChI is InChI=1S/C22H23N3O3/c1-16(2)14-24-22(27)18(13-23)12-17-8-10-20(11-9-17)28-15-21(26)25-19-6-4-3-5-7-19/h3-12,16H,14-15H2,1-2H3,(H,24,27)(H,25,26)/b18-12+. The summed E-state index contributed by atoms with van der Waals surface area (Å²) in [6.07, 6.45) is 1.52. The summed E-state index contributed by atoms with van der Waals surface area (Å²) in [4.78, 5) is 23.9. The molecule has 6 nitrogen and oxygen atoms in total. The van der Waals surface area contributed by atoms with Gasteiger partial charge in [0, 0.05) is 12.2 Å². The number of anilines is 1. The van der Waals surface area contributed by atoms with Gasteiger partial charge >= 0.3 is 0 Å². The van der Waals surface area contributed by atoms with Crippen LogP contribution in [0, 0.1) is 17.2 Å². The lowest BCUT2D eigenvalue weighted by molar-refractivity contribution is -0.118. The Labute approximate surface area is 164 Å². The summed E-state index contributed by atoms with van der Waals surface area (Å²) in [5.74, 6) is 0.167. The molecule has 28 heavy (non-hydrogen) atoms. The molecule has 0 bridgehead atoms. The van der Waals surface area contributed by atoms with Crippen LogP contribution in [0.25, 0.3) is 6.08 Å². The molecule has 0 radical (unpaired) electrons. The summed E-state index contributed by atoms with van der Waals surface area (Å²) in [6.45, 7) is 4.35. The molecule has 0 spiro atoms. The van der Waals surface area contributed by atoms with Gasteiger partial charge in [0.2, 0.25) is 0 Å². The minimum Gasteiger partial charge on any atom is -0.484 e. The first-order chi connectivity index (χ1) is 13.5. The van der Waals surface area contributed by atoms with Crippen molar-refractivity contribution in [3.8, 4) is 11.8 Å². The number of nitriles is 1. The highest BCUT2D eigenvalue weighted by Gasteiger charge is 2.09. The highest BCUT2D eigenvalue weighted by Crippen LogP contribution is 2.15. The fraction of sp³-hybridized carbons (Fsp3) is 0.227. The molecule has 2 aromatic carbocycles. The highest BCUT2D eigenvalue weighted by molar-refractivity contribution is 6.01. The molecule has 2 rings (SSSR count). The summed E-state index contributed by atoms with van der Waals surface area (Å²) in [5, 5.41) is 14.6. The van der Waals surface area contributed by atoms with Crippen molar-refractivity contribution in [3.63, 3.8) is 0 Å². The smallest absolute Gasteiger partial charge is 0.262 e. The van der Waals surface area contributed by atoms with Gasteiger partial charge in [-0.2, -0.15) is 5.26 Å². The Balaban J connectivity index is 1.90. The lowest BCUT2D eigenvalue weighted by Crippen LogP contribution is -2.28. The fourth-order valence-corrected chi connectivity index (χ4v) is 2.24. The minimum atomic E-state index is -0.394. The Morgan fingerprint density at radius 3 is 2.39 bits per heavy atom. The molecule has 0 heterocycles. The Hall–Kier alpha value is -3.59. The highest BCUT2D eigenvalue weighted by atomic mass is 16.5. The molecule has 0 atom stereocenters. The number of hydrogen-bond donors (Lipinski definition) is 2. The first kappa shape index (κ1) is 20.7. The van der Waals surface area contributed by atoms with Gasteiger partial charge in [0.25, 0.3) is 11.8 Å². The van der Waals surface area contributed by atoms with Gasteiger partial charge in [-0.25, -0.2) is 0 Å². The molecule has 144 valence electrons. The molecule has 0 saturated carbocycles. The second-order valence-electron chi connectivity index (χ2n) is 6.55. The van der Waals surface area contributed by atoms with Crippen LogP contribution in [0.2, 0.25) is 0 Å². The predicted molar refractivity (Wildman–Crippen MR) is 108 cm³/mol. The zero-order valence-electron chi connectivity index (χ0n) is 15.9. The minimum absolute atomic E-state index is 0.0385. The van der Waals surface area contributed by atoms with E-state index in [2.05, 4.69) is 10.6 Å². The van der Waals surface area contributed by atoms with Gasteiger partial charge in [-0.05, 0) is 41.8 Å². The third-order valence-electron chi connectivity index (χ3n) is 3.65. The van der Waals surface area contributed by atoms with Crippen LogP contribution in [-0.2, 0) is 9.59 Å². The van der Waals surface area contributed by atoms with E-state index in [1.54, 1.807) is 36.4 Å². The average molecular weight is 377 g/mol. The van der Waals surface area contributed by atoms with Gasteiger partial charge in [-0.3, -0.25) is 9.59 Å². The molecular formula is C22H23N3O3. The SMILES string of the molecule is CC(C)CNC(=O)/C(C#N)=C/c1ccc(OCC(=O)Nc2ccccc2)cc1. The average Bonchev–Trinajstić information content (AvgIpc) is 2.70. The third-order valence-corrected chi connectivity index (χ3v) is 3.65. The number of para-hydroxylation sites is 1. The van der Waals surface area contributed by atoms with Crippen molar-refractivity contribution in [2.75, 3.05) is 18.5 Å². The Bertz CT molecular complexity index is 866. The topological polar surface area (TPSA) is 91.2 Å². The number of amides is 2. The predicted octanol–water partition coefficient (Wildman–Crippen LogP) is 3.38. The molecule has 0 aliphatic carbocycles. The lowest BCUT2D eigenvalue weighted by atomic mass is 10.1. The molecule has 0 aliphatic rings. The monoisotopic (exact) mass is 377 g/mol. The van der Waals surface area contributed by atoms with Gasteiger partial charge in [-0.15, -0.1) is 0 Å². The van der Waals surface area contributed by atoms with Crippen LogP contribution in [0.3, 0.4) is 0 Å². The van der Waals surface area contributed by atoms with E-state index in [9.17, 15) is 14.9 Å². The molecule has 6 heteroatoms. The largest absolute Gasteiger partial charge is 0.484 e. The number of nitrogens with one attached hydrogen (secondary N) is 2. The van der Waals surface area contributed by atoms with Crippen molar-refractivity contribution in [1.82, 2.24) is 5.32 Å². The summed E-state index contributed by atoms with van der Waals surface area (Å²) in [6, 6.07) is 17.9. The Morgan fingerprint density at radius 2 is 1.79 bits per heavy atom. The van der Waals surface area contributed by atoms with Gasteiger partial charge in [-0.1, -0.05) is 44.2 Å². The zero-order chi connectivity index (χ0) is 20.4. The lowest BCUT2D eigenvalue weighted by Gasteiger charge is -2.08. The van der Waals surface area contributed by atoms with E-state index >= 15 is 0 Å². The first-order valence-electron chi connectivity index (χ1n) is 8.95. The second kappa shape index (κ2) is 10.5. The number of benzene rings is 2. The number of nitrogens with zero attached hydrogens (tertiary/aromatic N) is 1. The van der Waals surface area contributed by atoms with Crippen LogP contribution in [0.5, 0.6) is 5.75 Å². The van der Waals surface area contributed by atoms with Crippen LogP contribution < -0.4 is 15.4 Å². The number of carbonyl (C=O) groups excluding carboxylic acids is 2. The second-order valence-corrected chi connectivity index (χ2v) is 6.55. The van der Waals surface area contributed by atoms with Crippen LogP contribution >= 0.6 is 0 Å². The molecule has 0 aromatic heterocycles. The van der Waals surface area contributed by atoms with E-state index in [4.69, 9.17) is 4.74 Å². The maximum Gasteiger partial charge on any atom is 0.262 e. The normalized spacial score (nSPS) is 10.9. The van der Waals surface area contributed by atoms with Crippen molar-refractivity contribution in [3.05, 3.63) is 65.7 Å². The summed E-state index contributed by atoms with van der Waals surface area (Å²) in [5.41, 5.74) is 1.44. The zero-order valence-corrected chi connectivity index (χ0v) is 15.9. The van der Waals surface area contributed by atoms with Crippen molar-refractivity contribution < 1.29 is 14.3 Å². The maximum atomic E-state index is 12.0. The van der Waals surface area contributed by atoms with Crippen LogP contribution in [-0.4, -0.2) is 25.0 Å². The van der Waals surface area contributed by atoms with Gasteiger partial charge in [0.1, 0.15) is 17.4 Å². The van der Waals surface area contributed by atoms with Crippen molar-refractivity contribution in [1.29, 1.82) is 5.26 Å². The van der Waals surface area contributed by atoms with E-state index in [1.807, 2.05) is 38.1 Å². The molecule has 0 aliphatic heterocycles. The number of carbonyl (C=O) groups is 2. The molecular weight excluding hydrogens is 354 g/mol. The summed E-state index contributed by atoms with van der Waals surface area (Å²) in [7, 11) is 0. The fourth-order valence-electron chi connectivity index (χ4n) is 2.24. The molecule has 2 N–H and O–H groups in total. The van der Waals surface area contributed by atoms with Crippen LogP contribution in [0.4, 0.5) is 5.69 Å². The van der Waals surface area contributed by atoms with Gasteiger partial charge in [0.15, 0.2) is 6.61 Å². The Kier molecular flexibility index (Phi) is 7.79. The molecule has 0 saturated heterocycles. The summed E-state index contributed by atoms with van der Waals surface area (Å²) >= 11 is 0. The molecule has 0 unspecified atom stereocenters. The van der Waals surface area contributed by atoms with E-state index in [-0.39, 0.29) is 18.1 Å². The third kappa shape index (κ3) is 6.96. The van der Waals surface area contributed by atoms with Gasteiger partial charge in [0.05, 0.1) is 0 Å². The number of ether oxygens (including phenoxy) is 1. The van der Waals surface area contributed by atoms with Crippen LogP contribution in [0.1, 0.15) is 19.4 Å². The molecule has 0 fully saturated rings. The quantitative estimate of drug-likeness (QED) is 0.545. The van der Waals surface area contributed by atoms with E-state index in [0.717, 1.165) is 0 Å². The maximum absolute atomic E-state index is 12.0. The molecule has 2 amide bonds. The molecule has 2 aromatic rings. The summed E-state index contributed by atoms with van der Waals surface area (Å²) < 4.78 is 5.46. The van der Waals surface area contributed by atoms with E-state index in [0.29, 0.717) is 29.5 Å². The Morgan fingerprint density at radius 1 is 1.11 bits per heavy atom. The van der Waals surface area contributed by atoms with Crippen LogP contribution in [0.15, 0.2) is 60.2 Å². The van der Waals surface area contributed by atoms with E-state index < -0.39 is 5.91 Å². The van der Waals surface area contributed by atoms with Crippen molar-refractivity contribution in [2.24, 2.45) is 5.92 Å². The number of hydrogen-bond acceptors (Lipinski definition) is 4. The van der Waals surface area contributed by atoms with E-state index in [1.165, 1.54) is 6.08 Å².